The van der Waals surface area contributed by atoms with Crippen molar-refractivity contribution in [2.24, 2.45) is 0 Å². The Morgan fingerprint density at radius 3 is 2.23 bits per heavy atom. The Labute approximate surface area is 157 Å². The molecule has 1 saturated heterocycles. The van der Waals surface area contributed by atoms with Crippen LogP contribution in [0.3, 0.4) is 0 Å². The molecule has 1 aliphatic heterocycles. The molecule has 1 heterocycles. The van der Waals surface area contributed by atoms with E-state index in [4.69, 9.17) is 14.0 Å². The van der Waals surface area contributed by atoms with E-state index in [1.165, 1.54) is 6.92 Å². The third-order valence-electron chi connectivity index (χ3n) is 5.22. The second-order valence-electron chi connectivity index (χ2n) is 7.90. The first-order chi connectivity index (χ1) is 12.0. The number of ether oxygens (including phenoxy) is 1. The molecule has 1 N–H and O–H groups in total. The maximum absolute atomic E-state index is 11.4. The van der Waals surface area contributed by atoms with Gasteiger partial charge in [0.1, 0.15) is 5.75 Å². The van der Waals surface area contributed by atoms with Crippen LogP contribution < -0.4 is 10.1 Å². The topological polar surface area (TPSA) is 56.8 Å². The summed E-state index contributed by atoms with van der Waals surface area (Å²) in [6.45, 7) is 14.0. The average Bonchev–Trinajstić information content (AvgIpc) is 2.74. The summed E-state index contributed by atoms with van der Waals surface area (Å²) in [4.78, 5) is 11.4. The number of hydrogen-bond donors (Lipinski definition) is 1. The molecule has 0 aromatic heterocycles. The standard InChI is InChI=1S/C20H30BNO4/c1-13-10-18(24-8)14(2)9-16(13)11-17(12-22-15(3)23)21-25-19(4,5)20(6,7)26-21/h9-11H,12H2,1-8H3,(H,22,23). The number of nitrogens with one attached hydrogen (secondary N) is 1. The molecule has 1 aliphatic rings. The molecule has 2 rings (SSSR count). The van der Waals surface area contributed by atoms with Gasteiger partial charge in [0.2, 0.25) is 5.91 Å². The van der Waals surface area contributed by atoms with Crippen LogP contribution >= 0.6 is 0 Å². The van der Waals surface area contributed by atoms with Gasteiger partial charge in [-0.3, -0.25) is 4.79 Å². The van der Waals surface area contributed by atoms with E-state index >= 15 is 0 Å². The van der Waals surface area contributed by atoms with Gasteiger partial charge in [-0.1, -0.05) is 6.08 Å². The quantitative estimate of drug-likeness (QED) is 0.818. The van der Waals surface area contributed by atoms with E-state index in [2.05, 4.69) is 11.4 Å². The first kappa shape index (κ1) is 20.5. The summed E-state index contributed by atoms with van der Waals surface area (Å²) in [7, 11) is 1.16. The smallest absolute Gasteiger partial charge is 0.492 e. The van der Waals surface area contributed by atoms with Crippen LogP contribution in [0.15, 0.2) is 17.6 Å². The van der Waals surface area contributed by atoms with Gasteiger partial charge in [0, 0.05) is 13.5 Å². The monoisotopic (exact) mass is 359 g/mol. The predicted octanol–water partition coefficient (Wildman–Crippen LogP) is 3.46. The lowest BCUT2D eigenvalue weighted by Gasteiger charge is -2.32. The van der Waals surface area contributed by atoms with E-state index in [-0.39, 0.29) is 5.91 Å². The number of hydrogen-bond acceptors (Lipinski definition) is 4. The third kappa shape index (κ3) is 4.30. The fraction of sp³-hybridized carbons (Fsp3) is 0.550. The van der Waals surface area contributed by atoms with Gasteiger partial charge in [-0.25, -0.2) is 0 Å². The molecule has 0 aliphatic carbocycles. The summed E-state index contributed by atoms with van der Waals surface area (Å²) in [5.41, 5.74) is 3.21. The molecule has 0 bridgehead atoms. The summed E-state index contributed by atoms with van der Waals surface area (Å²) < 4.78 is 17.8. The minimum Gasteiger partial charge on any atom is -0.496 e. The van der Waals surface area contributed by atoms with E-state index in [0.29, 0.717) is 6.54 Å². The lowest BCUT2D eigenvalue weighted by molar-refractivity contribution is -0.118. The molecule has 142 valence electrons. The van der Waals surface area contributed by atoms with Crippen molar-refractivity contribution in [3.8, 4) is 5.75 Å². The highest BCUT2D eigenvalue weighted by Gasteiger charge is 2.52. The zero-order valence-corrected chi connectivity index (χ0v) is 17.1. The molecule has 0 spiro atoms. The Kier molecular flexibility index (Phi) is 5.88. The van der Waals surface area contributed by atoms with Gasteiger partial charge < -0.3 is 19.4 Å². The number of carbonyl (C=O) groups excluding carboxylic acids is 1. The van der Waals surface area contributed by atoms with Gasteiger partial charge >= 0.3 is 7.12 Å². The summed E-state index contributed by atoms with van der Waals surface area (Å²) in [5, 5.41) is 2.86. The maximum atomic E-state index is 11.4. The largest absolute Gasteiger partial charge is 0.496 e. The molecule has 1 aromatic rings. The van der Waals surface area contributed by atoms with Gasteiger partial charge in [0.25, 0.3) is 0 Å². The highest BCUT2D eigenvalue weighted by Crippen LogP contribution is 2.39. The summed E-state index contributed by atoms with van der Waals surface area (Å²) >= 11 is 0. The Bertz CT molecular complexity index is 709. The molecule has 1 amide bonds. The molecule has 1 fully saturated rings. The number of benzene rings is 1. The van der Waals surface area contributed by atoms with E-state index in [0.717, 1.165) is 27.9 Å². The van der Waals surface area contributed by atoms with Crippen molar-refractivity contribution in [1.29, 1.82) is 0 Å². The van der Waals surface area contributed by atoms with Gasteiger partial charge in [-0.15, -0.1) is 0 Å². The highest BCUT2D eigenvalue weighted by molar-refractivity contribution is 6.56. The molecular weight excluding hydrogens is 329 g/mol. The second-order valence-corrected chi connectivity index (χ2v) is 7.90. The Morgan fingerprint density at radius 2 is 1.73 bits per heavy atom. The van der Waals surface area contributed by atoms with Crippen LogP contribution in [-0.4, -0.2) is 37.9 Å². The van der Waals surface area contributed by atoms with Crippen LogP contribution in [0.4, 0.5) is 0 Å². The number of amides is 1. The van der Waals surface area contributed by atoms with Crippen molar-refractivity contribution < 1.29 is 18.8 Å². The summed E-state index contributed by atoms with van der Waals surface area (Å²) in [6, 6.07) is 4.09. The number of rotatable bonds is 5. The van der Waals surface area contributed by atoms with Crippen molar-refractivity contribution in [3.05, 3.63) is 34.3 Å². The van der Waals surface area contributed by atoms with Crippen LogP contribution in [0.25, 0.3) is 6.08 Å². The first-order valence-electron chi connectivity index (χ1n) is 8.92. The normalized spacial score (nSPS) is 18.8. The van der Waals surface area contributed by atoms with Gasteiger partial charge in [0.05, 0.1) is 18.3 Å². The van der Waals surface area contributed by atoms with E-state index < -0.39 is 18.3 Å². The average molecular weight is 359 g/mol. The van der Waals surface area contributed by atoms with Gasteiger partial charge in [-0.05, 0) is 75.8 Å². The minimum atomic E-state index is -0.506. The number of carbonyl (C=O) groups is 1. The minimum absolute atomic E-state index is 0.0879. The van der Waals surface area contributed by atoms with Gasteiger partial charge in [-0.2, -0.15) is 0 Å². The molecule has 26 heavy (non-hydrogen) atoms. The van der Waals surface area contributed by atoms with E-state index in [1.54, 1.807) is 7.11 Å². The van der Waals surface area contributed by atoms with Crippen LogP contribution in [0.5, 0.6) is 5.75 Å². The third-order valence-corrected chi connectivity index (χ3v) is 5.22. The lowest BCUT2D eigenvalue weighted by Crippen LogP contribution is -2.41. The fourth-order valence-electron chi connectivity index (χ4n) is 2.81. The van der Waals surface area contributed by atoms with Crippen molar-refractivity contribution in [2.75, 3.05) is 13.7 Å². The molecular formula is C20H30BNO4. The van der Waals surface area contributed by atoms with Crippen molar-refractivity contribution >= 4 is 19.1 Å². The van der Waals surface area contributed by atoms with Crippen LogP contribution in [0, 0.1) is 13.8 Å². The molecule has 0 atom stereocenters. The molecule has 0 radical (unpaired) electrons. The SMILES string of the molecule is COc1cc(C)c(C=C(CNC(C)=O)B2OC(C)(C)C(C)(C)O2)cc1C. The fourth-order valence-corrected chi connectivity index (χ4v) is 2.81. The van der Waals surface area contributed by atoms with Crippen LogP contribution in [-0.2, 0) is 14.1 Å². The van der Waals surface area contributed by atoms with Crippen molar-refractivity contribution in [2.45, 2.75) is 59.7 Å². The summed E-state index contributed by atoms with van der Waals surface area (Å²) in [6.07, 6.45) is 2.04. The Hall–Kier alpha value is -1.79. The predicted molar refractivity (Wildman–Crippen MR) is 105 cm³/mol. The summed E-state index contributed by atoms with van der Waals surface area (Å²) in [5.74, 6) is 0.772. The van der Waals surface area contributed by atoms with Crippen LogP contribution in [0.2, 0.25) is 0 Å². The van der Waals surface area contributed by atoms with Crippen molar-refractivity contribution in [1.82, 2.24) is 5.32 Å². The van der Waals surface area contributed by atoms with E-state index in [1.807, 2.05) is 53.7 Å². The zero-order chi connectivity index (χ0) is 19.7. The molecule has 1 aromatic carbocycles. The number of aryl methyl sites for hydroxylation is 2. The molecule has 6 heteroatoms. The lowest BCUT2D eigenvalue weighted by atomic mass is 9.76. The molecule has 5 nitrogen and oxygen atoms in total. The zero-order valence-electron chi connectivity index (χ0n) is 17.1. The Balaban J connectivity index is 2.41. The van der Waals surface area contributed by atoms with Crippen molar-refractivity contribution in [3.63, 3.8) is 0 Å². The van der Waals surface area contributed by atoms with Gasteiger partial charge in [0.15, 0.2) is 0 Å². The maximum Gasteiger partial charge on any atom is 0.492 e. The highest BCUT2D eigenvalue weighted by atomic mass is 16.7. The molecule has 0 unspecified atom stereocenters. The van der Waals surface area contributed by atoms with Crippen LogP contribution in [0.1, 0.15) is 51.3 Å². The van der Waals surface area contributed by atoms with E-state index in [9.17, 15) is 4.79 Å². The second kappa shape index (κ2) is 7.45. The molecule has 0 saturated carbocycles. The number of methoxy groups -OCH3 is 1. The Morgan fingerprint density at radius 1 is 1.15 bits per heavy atom. The first-order valence-corrected chi connectivity index (χ1v) is 8.92.